The van der Waals surface area contributed by atoms with Gasteiger partial charge in [0.25, 0.3) is 0 Å². The fourth-order valence-electron chi connectivity index (χ4n) is 8.60. The molecule has 0 aromatic rings. The number of esters is 2. The summed E-state index contributed by atoms with van der Waals surface area (Å²) in [6.07, 6.45) is 76.6. The van der Waals surface area contributed by atoms with E-state index in [1.165, 1.54) is 167 Å². The lowest BCUT2D eigenvalue weighted by atomic mass is 10.0. The molecule has 2 atom stereocenters. The third-order valence-electron chi connectivity index (χ3n) is 13.4. The highest BCUT2D eigenvalue weighted by atomic mass is 31.2. The third-order valence-corrected chi connectivity index (χ3v) is 14.4. The van der Waals surface area contributed by atoms with Crippen LogP contribution in [0.4, 0.5) is 0 Å². The van der Waals surface area contributed by atoms with E-state index in [9.17, 15) is 19.0 Å². The minimum atomic E-state index is -4.39. The summed E-state index contributed by atoms with van der Waals surface area (Å²) >= 11 is 0. The number of quaternary nitrogens is 1. The number of allylic oxidation sites excluding steroid dienone is 14. The number of carbonyl (C=O) groups is 2. The van der Waals surface area contributed by atoms with E-state index in [0.717, 1.165) is 70.6 Å². The van der Waals surface area contributed by atoms with Crippen LogP contribution in [0.2, 0.25) is 0 Å². The normalized spacial score (nSPS) is 13.8. The van der Waals surface area contributed by atoms with Crippen LogP contribution in [0.5, 0.6) is 0 Å². The molecule has 0 aliphatic carbocycles. The van der Waals surface area contributed by atoms with Crippen LogP contribution in [0.15, 0.2) is 85.1 Å². The van der Waals surface area contributed by atoms with Gasteiger partial charge in [-0.05, 0) is 89.9 Å². The molecule has 0 rings (SSSR count). The van der Waals surface area contributed by atoms with Gasteiger partial charge in [0, 0.05) is 12.8 Å². The van der Waals surface area contributed by atoms with Gasteiger partial charge in [0.2, 0.25) is 0 Å². The average Bonchev–Trinajstić information content (AvgIpc) is 3.38. The quantitative estimate of drug-likeness (QED) is 0.0211. The minimum Gasteiger partial charge on any atom is -0.462 e. The fraction of sp³-hybridized carbons (Fsp3) is 0.758. The van der Waals surface area contributed by atoms with Gasteiger partial charge in [-0.15, -0.1) is 0 Å². The molecule has 2 unspecified atom stereocenters. The van der Waals surface area contributed by atoms with Crippen LogP contribution in [0.25, 0.3) is 0 Å². The van der Waals surface area contributed by atoms with E-state index in [0.29, 0.717) is 17.4 Å². The lowest BCUT2D eigenvalue weighted by Gasteiger charge is -2.24. The molecule has 0 saturated heterocycles. The summed E-state index contributed by atoms with van der Waals surface area (Å²) in [6.45, 7) is 4.31. The van der Waals surface area contributed by atoms with Gasteiger partial charge >= 0.3 is 19.8 Å². The molecule has 0 spiro atoms. The van der Waals surface area contributed by atoms with Gasteiger partial charge < -0.3 is 18.9 Å². The molecule has 0 aliphatic heterocycles. The van der Waals surface area contributed by atoms with Gasteiger partial charge in [-0.3, -0.25) is 18.6 Å². The van der Waals surface area contributed by atoms with Crippen molar-refractivity contribution in [3.63, 3.8) is 0 Å². The van der Waals surface area contributed by atoms with Crippen LogP contribution in [-0.4, -0.2) is 74.9 Å². The van der Waals surface area contributed by atoms with E-state index in [1.807, 2.05) is 21.1 Å². The number of nitrogens with zero attached hydrogens (tertiary/aromatic N) is 1. The molecule has 0 fully saturated rings. The molecule has 440 valence electrons. The summed E-state index contributed by atoms with van der Waals surface area (Å²) in [5.41, 5.74) is 0. The maximum Gasteiger partial charge on any atom is 0.472 e. The molecule has 1 N–H and O–H groups in total. The molecule has 0 radical (unpaired) electrons. The lowest BCUT2D eigenvalue weighted by Crippen LogP contribution is -2.37. The van der Waals surface area contributed by atoms with Gasteiger partial charge in [-0.2, -0.15) is 0 Å². The van der Waals surface area contributed by atoms with Crippen molar-refractivity contribution < 1.29 is 42.1 Å². The molecule has 0 aromatic heterocycles. The van der Waals surface area contributed by atoms with Gasteiger partial charge in [0.15, 0.2) is 6.10 Å². The topological polar surface area (TPSA) is 108 Å². The van der Waals surface area contributed by atoms with E-state index in [2.05, 4.69) is 98.9 Å². The highest BCUT2D eigenvalue weighted by Gasteiger charge is 2.27. The van der Waals surface area contributed by atoms with Crippen LogP contribution in [0.1, 0.15) is 271 Å². The molecule has 0 aromatic carbocycles. The van der Waals surface area contributed by atoms with E-state index >= 15 is 0 Å². The SMILES string of the molecule is CC/C=C\C/C=C\C/C=C\C/C=C\C/C=C\CCCCCCCCCCCCCCCCCCCC(=O)OC(COC(=O)CCCCCCCCCCC/C=C\C/C=C\CCCCC)COP(=O)(O)OCC[N+](C)(C)C. The first-order chi connectivity index (χ1) is 37.0. The molecule has 0 amide bonds. The number of hydrogen-bond acceptors (Lipinski definition) is 7. The second-order valence-corrected chi connectivity index (χ2v) is 23.5. The second-order valence-electron chi connectivity index (χ2n) is 22.1. The van der Waals surface area contributed by atoms with Crippen LogP contribution < -0.4 is 0 Å². The Hall–Kier alpha value is -2.81. The lowest BCUT2D eigenvalue weighted by molar-refractivity contribution is -0.870. The number of rotatable bonds is 57. The molecular formula is C66H119NO8P+. The average molecular weight is 1090 g/mol. The largest absolute Gasteiger partial charge is 0.472 e. The number of carbonyl (C=O) groups excluding carboxylic acids is 2. The summed E-state index contributed by atoms with van der Waals surface area (Å²) in [7, 11) is 1.48. The van der Waals surface area contributed by atoms with Crippen molar-refractivity contribution in [2.45, 2.75) is 277 Å². The zero-order chi connectivity index (χ0) is 55.6. The van der Waals surface area contributed by atoms with Crippen LogP contribution in [0, 0.1) is 0 Å². The number of hydrogen-bond donors (Lipinski definition) is 1. The summed E-state index contributed by atoms with van der Waals surface area (Å²) in [4.78, 5) is 35.7. The summed E-state index contributed by atoms with van der Waals surface area (Å²) < 4.78 is 34.6. The summed E-state index contributed by atoms with van der Waals surface area (Å²) in [5, 5.41) is 0. The van der Waals surface area contributed by atoms with E-state index in [-0.39, 0.29) is 32.0 Å². The van der Waals surface area contributed by atoms with E-state index in [1.54, 1.807) is 0 Å². The number of phosphoric ester groups is 1. The zero-order valence-electron chi connectivity index (χ0n) is 50.0. The van der Waals surface area contributed by atoms with Crippen molar-refractivity contribution in [1.29, 1.82) is 0 Å². The predicted octanol–water partition coefficient (Wildman–Crippen LogP) is 19.8. The smallest absolute Gasteiger partial charge is 0.462 e. The van der Waals surface area contributed by atoms with Gasteiger partial charge in [0.1, 0.15) is 19.8 Å². The second kappa shape index (κ2) is 56.9. The Morgan fingerprint density at radius 3 is 1.12 bits per heavy atom. The first-order valence-electron chi connectivity index (χ1n) is 31.3. The molecular weight excluding hydrogens is 966 g/mol. The number of ether oxygens (including phenoxy) is 2. The standard InChI is InChI=1S/C66H118NO8P/c1-6-8-10-12-14-16-18-20-22-24-26-27-28-29-30-31-32-33-34-35-36-37-38-39-41-43-45-47-49-51-53-55-57-59-66(69)75-64(63-74-76(70,71)73-61-60-67(3,4)5)62-72-65(68)58-56-54-52-50-48-46-44-42-40-25-23-21-19-17-15-13-11-9-7-2/h8,10,14-17,20-23,26-27,29-30,64H,6-7,9,11-13,18-19,24-25,28,31-63H2,1-5H3/p+1/b10-8-,16-14-,17-15-,22-20-,23-21-,27-26-,30-29-. The molecule has 0 heterocycles. The Bertz CT molecular complexity index is 1560. The molecule has 0 bridgehead atoms. The first-order valence-corrected chi connectivity index (χ1v) is 32.8. The van der Waals surface area contributed by atoms with Gasteiger partial charge in [0.05, 0.1) is 27.7 Å². The Morgan fingerprint density at radius 2 is 0.750 bits per heavy atom. The maximum atomic E-state index is 12.8. The summed E-state index contributed by atoms with van der Waals surface area (Å²) in [6, 6.07) is 0. The van der Waals surface area contributed by atoms with Crippen LogP contribution in [0.3, 0.4) is 0 Å². The molecule has 76 heavy (non-hydrogen) atoms. The molecule has 0 aliphatic rings. The van der Waals surface area contributed by atoms with Crippen molar-refractivity contribution in [3.05, 3.63) is 85.1 Å². The maximum absolute atomic E-state index is 12.8. The summed E-state index contributed by atoms with van der Waals surface area (Å²) in [5.74, 6) is -0.796. The van der Waals surface area contributed by atoms with Crippen molar-refractivity contribution in [2.24, 2.45) is 0 Å². The van der Waals surface area contributed by atoms with Crippen molar-refractivity contribution in [1.82, 2.24) is 0 Å². The zero-order valence-corrected chi connectivity index (χ0v) is 50.9. The van der Waals surface area contributed by atoms with Crippen LogP contribution in [-0.2, 0) is 32.7 Å². The highest BCUT2D eigenvalue weighted by Crippen LogP contribution is 2.43. The number of phosphoric acid groups is 1. The van der Waals surface area contributed by atoms with E-state index < -0.39 is 26.5 Å². The predicted molar refractivity (Wildman–Crippen MR) is 325 cm³/mol. The monoisotopic (exact) mass is 1080 g/mol. The van der Waals surface area contributed by atoms with Gasteiger partial charge in [-0.25, -0.2) is 4.57 Å². The van der Waals surface area contributed by atoms with E-state index in [4.69, 9.17) is 18.5 Å². The van der Waals surface area contributed by atoms with Crippen LogP contribution >= 0.6 is 7.82 Å². The number of likely N-dealkylation sites (N-methyl/N-ethyl adjacent to an activating group) is 1. The Labute approximate surface area is 469 Å². The van der Waals surface area contributed by atoms with Crippen molar-refractivity contribution in [2.75, 3.05) is 47.5 Å². The molecule has 0 saturated carbocycles. The highest BCUT2D eigenvalue weighted by molar-refractivity contribution is 7.47. The van der Waals surface area contributed by atoms with Crippen molar-refractivity contribution >= 4 is 19.8 Å². The Kier molecular flexibility index (Phi) is 54.8. The first kappa shape index (κ1) is 73.2. The molecule has 9 nitrogen and oxygen atoms in total. The number of unbranched alkanes of at least 4 members (excludes halogenated alkanes) is 29. The Morgan fingerprint density at radius 1 is 0.421 bits per heavy atom. The minimum absolute atomic E-state index is 0.0293. The Balaban J connectivity index is 4.06. The fourth-order valence-corrected chi connectivity index (χ4v) is 9.34. The van der Waals surface area contributed by atoms with Gasteiger partial charge in [-0.1, -0.05) is 253 Å². The molecule has 10 heteroatoms. The van der Waals surface area contributed by atoms with Crippen molar-refractivity contribution in [3.8, 4) is 0 Å². The third kappa shape index (κ3) is 60.4.